The van der Waals surface area contributed by atoms with Crippen LogP contribution in [0.3, 0.4) is 0 Å². The molecule has 0 N–H and O–H groups in total. The lowest BCUT2D eigenvalue weighted by Gasteiger charge is -2.23. The van der Waals surface area contributed by atoms with E-state index in [9.17, 15) is 9.18 Å². The summed E-state index contributed by atoms with van der Waals surface area (Å²) in [4.78, 5) is 19.1. The molecule has 0 unspecified atom stereocenters. The van der Waals surface area contributed by atoms with E-state index < -0.39 is 0 Å². The van der Waals surface area contributed by atoms with E-state index in [1.54, 1.807) is 12.1 Å². The van der Waals surface area contributed by atoms with Gasteiger partial charge in [0, 0.05) is 19.4 Å². The van der Waals surface area contributed by atoms with Crippen LogP contribution in [0.1, 0.15) is 38.7 Å². The van der Waals surface area contributed by atoms with Crippen molar-refractivity contribution in [3.05, 3.63) is 35.6 Å². The molecule has 5 heteroatoms. The lowest BCUT2D eigenvalue weighted by atomic mass is 10.0. The van der Waals surface area contributed by atoms with Gasteiger partial charge >= 0.3 is 0 Å². The topological polar surface area (TPSA) is 41.9 Å². The first kappa shape index (κ1) is 15.5. The van der Waals surface area contributed by atoms with E-state index in [-0.39, 0.29) is 17.8 Å². The van der Waals surface area contributed by atoms with Gasteiger partial charge in [-0.3, -0.25) is 4.79 Å². The molecule has 21 heavy (non-hydrogen) atoms. The SMILES string of the molecule is CCCN(C[C@@H]1CC(c2ccc(F)cc2)=NO1)C(=O)CC. The molecule has 0 saturated heterocycles. The van der Waals surface area contributed by atoms with Gasteiger partial charge in [0.25, 0.3) is 0 Å². The number of hydrogen-bond donors (Lipinski definition) is 0. The Balaban J connectivity index is 1.94. The van der Waals surface area contributed by atoms with Gasteiger partial charge in [-0.25, -0.2) is 4.39 Å². The quantitative estimate of drug-likeness (QED) is 0.809. The van der Waals surface area contributed by atoms with Crippen LogP contribution in [0.15, 0.2) is 29.4 Å². The van der Waals surface area contributed by atoms with Gasteiger partial charge in [-0.2, -0.15) is 0 Å². The van der Waals surface area contributed by atoms with Crippen molar-refractivity contribution < 1.29 is 14.0 Å². The van der Waals surface area contributed by atoms with Gasteiger partial charge in [-0.15, -0.1) is 0 Å². The van der Waals surface area contributed by atoms with Gasteiger partial charge in [-0.05, 0) is 24.1 Å². The molecule has 0 bridgehead atoms. The monoisotopic (exact) mass is 292 g/mol. The van der Waals surface area contributed by atoms with Gasteiger partial charge in [0.2, 0.25) is 5.91 Å². The summed E-state index contributed by atoms with van der Waals surface area (Å²) in [5.74, 6) is -0.131. The summed E-state index contributed by atoms with van der Waals surface area (Å²) in [6.07, 6.45) is 1.94. The molecule has 1 aromatic rings. The summed E-state index contributed by atoms with van der Waals surface area (Å²) in [7, 11) is 0. The van der Waals surface area contributed by atoms with E-state index in [0.29, 0.717) is 19.4 Å². The van der Waals surface area contributed by atoms with E-state index >= 15 is 0 Å². The van der Waals surface area contributed by atoms with Gasteiger partial charge in [-0.1, -0.05) is 31.1 Å². The second-order valence-corrected chi connectivity index (χ2v) is 5.17. The van der Waals surface area contributed by atoms with Crippen LogP contribution in [0.2, 0.25) is 0 Å². The molecule has 0 saturated carbocycles. The average Bonchev–Trinajstić information content (AvgIpc) is 2.95. The van der Waals surface area contributed by atoms with E-state index in [0.717, 1.165) is 24.2 Å². The standard InChI is InChI=1S/C16H21FN2O2/c1-3-9-19(16(20)4-2)11-14-10-15(18-21-14)12-5-7-13(17)8-6-12/h5-8,14H,3-4,9-11H2,1-2H3/t14-/m0/s1. The Bertz CT molecular complexity index is 514. The third-order valence-electron chi connectivity index (χ3n) is 3.48. The molecule has 0 aliphatic carbocycles. The fraction of sp³-hybridized carbons (Fsp3) is 0.500. The number of hydrogen-bond acceptors (Lipinski definition) is 3. The fourth-order valence-corrected chi connectivity index (χ4v) is 2.40. The molecule has 1 amide bonds. The molecule has 0 fully saturated rings. The lowest BCUT2D eigenvalue weighted by molar-refractivity contribution is -0.132. The maximum Gasteiger partial charge on any atom is 0.222 e. The zero-order chi connectivity index (χ0) is 15.2. The number of amides is 1. The van der Waals surface area contributed by atoms with Crippen molar-refractivity contribution in [3.8, 4) is 0 Å². The lowest BCUT2D eigenvalue weighted by Crippen LogP contribution is -2.37. The molecule has 1 atom stereocenters. The normalized spacial score (nSPS) is 17.3. The highest BCUT2D eigenvalue weighted by molar-refractivity contribution is 6.01. The van der Waals surface area contributed by atoms with Gasteiger partial charge in [0.1, 0.15) is 5.82 Å². The first-order valence-corrected chi connectivity index (χ1v) is 7.40. The Kier molecular flexibility index (Phi) is 5.31. The summed E-state index contributed by atoms with van der Waals surface area (Å²) in [6.45, 7) is 5.19. The van der Waals surface area contributed by atoms with Crippen molar-refractivity contribution in [1.82, 2.24) is 4.90 Å². The smallest absolute Gasteiger partial charge is 0.222 e. The van der Waals surface area contributed by atoms with E-state index in [4.69, 9.17) is 4.84 Å². The molecular weight excluding hydrogens is 271 g/mol. The Labute approximate surface area is 124 Å². The summed E-state index contributed by atoms with van der Waals surface area (Å²) in [5.41, 5.74) is 1.67. The predicted molar refractivity (Wildman–Crippen MR) is 79.6 cm³/mol. The number of rotatable bonds is 6. The number of carbonyl (C=O) groups excluding carboxylic acids is 1. The molecule has 1 aliphatic heterocycles. The zero-order valence-electron chi connectivity index (χ0n) is 12.5. The first-order chi connectivity index (χ1) is 10.1. The van der Waals surface area contributed by atoms with E-state index in [1.165, 1.54) is 12.1 Å². The summed E-state index contributed by atoms with van der Waals surface area (Å²) >= 11 is 0. The minimum atomic E-state index is -0.266. The Hall–Kier alpha value is -1.91. The number of oxime groups is 1. The fourth-order valence-electron chi connectivity index (χ4n) is 2.40. The zero-order valence-corrected chi connectivity index (χ0v) is 12.5. The van der Waals surface area contributed by atoms with Crippen LogP contribution in [0.25, 0.3) is 0 Å². The summed E-state index contributed by atoms with van der Waals surface area (Å²) in [6, 6.07) is 6.21. The third-order valence-corrected chi connectivity index (χ3v) is 3.48. The van der Waals surface area contributed by atoms with E-state index in [1.807, 2.05) is 18.7 Å². The van der Waals surface area contributed by atoms with Crippen molar-refractivity contribution in [1.29, 1.82) is 0 Å². The molecule has 0 aromatic heterocycles. The minimum Gasteiger partial charge on any atom is -0.390 e. The van der Waals surface area contributed by atoms with Crippen LogP contribution in [-0.4, -0.2) is 35.7 Å². The Morgan fingerprint density at radius 3 is 2.71 bits per heavy atom. The van der Waals surface area contributed by atoms with Crippen molar-refractivity contribution in [3.63, 3.8) is 0 Å². The van der Waals surface area contributed by atoms with Crippen LogP contribution in [0.4, 0.5) is 4.39 Å². The maximum atomic E-state index is 12.9. The van der Waals surface area contributed by atoms with Gasteiger partial charge in [0.15, 0.2) is 6.10 Å². The highest BCUT2D eigenvalue weighted by Crippen LogP contribution is 2.18. The predicted octanol–water partition coefficient (Wildman–Crippen LogP) is 2.97. The summed E-state index contributed by atoms with van der Waals surface area (Å²) in [5, 5.41) is 4.07. The maximum absolute atomic E-state index is 12.9. The Morgan fingerprint density at radius 1 is 1.38 bits per heavy atom. The van der Waals surface area contributed by atoms with Crippen molar-refractivity contribution in [2.45, 2.75) is 39.2 Å². The largest absolute Gasteiger partial charge is 0.390 e. The molecule has 0 radical (unpaired) electrons. The summed E-state index contributed by atoms with van der Waals surface area (Å²) < 4.78 is 12.9. The van der Waals surface area contributed by atoms with Crippen LogP contribution in [-0.2, 0) is 9.63 Å². The Morgan fingerprint density at radius 2 is 2.10 bits per heavy atom. The minimum absolute atomic E-state index is 0.118. The molecule has 0 spiro atoms. The average molecular weight is 292 g/mol. The van der Waals surface area contributed by atoms with Crippen molar-refractivity contribution in [2.75, 3.05) is 13.1 Å². The van der Waals surface area contributed by atoms with Crippen molar-refractivity contribution in [2.24, 2.45) is 5.16 Å². The van der Waals surface area contributed by atoms with Crippen molar-refractivity contribution >= 4 is 11.6 Å². The molecule has 1 heterocycles. The molecule has 114 valence electrons. The molecule has 1 aromatic carbocycles. The third kappa shape index (κ3) is 4.03. The van der Waals surface area contributed by atoms with Crippen LogP contribution < -0.4 is 0 Å². The van der Waals surface area contributed by atoms with Crippen LogP contribution in [0, 0.1) is 5.82 Å². The second-order valence-electron chi connectivity index (χ2n) is 5.17. The molecule has 1 aliphatic rings. The molecular formula is C16H21FN2O2. The van der Waals surface area contributed by atoms with Crippen LogP contribution in [0.5, 0.6) is 0 Å². The van der Waals surface area contributed by atoms with Gasteiger partial charge in [0.05, 0.1) is 12.3 Å². The highest BCUT2D eigenvalue weighted by atomic mass is 19.1. The van der Waals surface area contributed by atoms with Crippen LogP contribution >= 0.6 is 0 Å². The highest BCUT2D eigenvalue weighted by Gasteiger charge is 2.25. The van der Waals surface area contributed by atoms with Gasteiger partial charge < -0.3 is 9.74 Å². The number of halogens is 1. The first-order valence-electron chi connectivity index (χ1n) is 7.40. The number of benzene rings is 1. The molecule has 4 nitrogen and oxygen atoms in total. The number of nitrogens with zero attached hydrogens (tertiary/aromatic N) is 2. The molecule has 2 rings (SSSR count). The number of carbonyl (C=O) groups is 1. The second kappa shape index (κ2) is 7.20. The van der Waals surface area contributed by atoms with E-state index in [2.05, 4.69) is 5.16 Å².